The first-order valence-corrected chi connectivity index (χ1v) is 15.7. The normalized spacial score (nSPS) is 16.5. The molecule has 0 unspecified atom stereocenters. The number of ether oxygens (including phenoxy) is 1. The van der Waals surface area contributed by atoms with Gasteiger partial charge in [0.2, 0.25) is 15.9 Å². The second-order valence-electron chi connectivity index (χ2n) is 10.5. The van der Waals surface area contributed by atoms with E-state index in [1.807, 2.05) is 0 Å². The lowest BCUT2D eigenvalue weighted by Crippen LogP contribution is -2.35. The summed E-state index contributed by atoms with van der Waals surface area (Å²) in [5, 5.41) is 2.40. The van der Waals surface area contributed by atoms with Gasteiger partial charge in [0.1, 0.15) is 0 Å². The summed E-state index contributed by atoms with van der Waals surface area (Å²) in [6, 6.07) is 4.92. The molecule has 0 spiro atoms. The first-order valence-electron chi connectivity index (χ1n) is 14.2. The van der Waals surface area contributed by atoms with Gasteiger partial charge in [0.15, 0.2) is 11.6 Å². The Morgan fingerprint density at radius 3 is 2.64 bits per heavy atom. The zero-order chi connectivity index (χ0) is 29.7. The van der Waals surface area contributed by atoms with Crippen LogP contribution in [0, 0.1) is 11.6 Å². The third-order valence-corrected chi connectivity index (χ3v) is 9.23. The molecule has 224 valence electrons. The molecule has 2 aliphatic rings. The van der Waals surface area contributed by atoms with E-state index in [0.717, 1.165) is 25.9 Å². The van der Waals surface area contributed by atoms with Crippen LogP contribution in [0.1, 0.15) is 67.5 Å². The van der Waals surface area contributed by atoms with E-state index in [4.69, 9.17) is 4.74 Å². The van der Waals surface area contributed by atoms with E-state index in [2.05, 4.69) is 29.9 Å². The molecule has 1 aliphatic heterocycles. The molecule has 2 aromatic heterocycles. The number of nitrogens with zero attached hydrogens (tertiary/aromatic N) is 4. The molecule has 1 atom stereocenters. The van der Waals surface area contributed by atoms with Crippen molar-refractivity contribution in [3.8, 4) is 17.1 Å². The van der Waals surface area contributed by atoms with Crippen LogP contribution < -0.4 is 14.8 Å². The highest BCUT2D eigenvalue weighted by atomic mass is 32.2. The number of anilines is 1. The topological polar surface area (TPSA) is 126 Å². The number of aromatic nitrogens is 3. The second kappa shape index (κ2) is 13.1. The molecule has 0 bridgehead atoms. The van der Waals surface area contributed by atoms with E-state index in [1.54, 1.807) is 19.1 Å². The Bertz CT molecular complexity index is 1530. The first-order chi connectivity index (χ1) is 20.2. The molecule has 1 amide bonds. The molecule has 2 N–H and O–H groups in total. The van der Waals surface area contributed by atoms with Crippen molar-refractivity contribution in [1.29, 1.82) is 0 Å². The van der Waals surface area contributed by atoms with E-state index in [-0.39, 0.29) is 17.1 Å². The number of rotatable bonds is 12. The minimum absolute atomic E-state index is 0.0679. The average molecular weight is 601 g/mol. The summed E-state index contributed by atoms with van der Waals surface area (Å²) < 4.78 is 63.4. The number of benzene rings is 1. The number of pyridine rings is 1. The summed E-state index contributed by atoms with van der Waals surface area (Å²) in [6.07, 6.45) is 9.14. The fourth-order valence-corrected chi connectivity index (χ4v) is 6.35. The number of amides is 1. The number of piperidine rings is 1. The van der Waals surface area contributed by atoms with E-state index in [1.165, 1.54) is 37.1 Å². The Labute approximate surface area is 244 Å². The molecule has 3 aromatic rings. The number of likely N-dealkylation sites (tertiary alicyclic amines) is 1. The zero-order valence-electron chi connectivity index (χ0n) is 23.4. The van der Waals surface area contributed by atoms with Gasteiger partial charge < -0.3 is 15.0 Å². The molecule has 13 heteroatoms. The number of carbonyl (C=O) groups excluding carboxylic acids is 1. The number of sulfonamides is 1. The molecule has 1 aromatic carbocycles. The standard InChI is InChI=1S/C29H34F2N6O4S/c1-2-41-26-18-32-17-25(34-26)21-8-9-22(28(31)27(21)30)29(38)35-23(11-15-37-13-4-3-5-14-37)24-16-19(10-12-33-24)36-42(39,40)20-6-7-20/h8-10,12,16-18,20,23H,2-7,11,13-15H2,1H3,(H,33,36)(H,35,38)/t23-/m1/s1. The summed E-state index contributed by atoms with van der Waals surface area (Å²) in [6.45, 7) is 4.61. The summed E-state index contributed by atoms with van der Waals surface area (Å²) in [5.41, 5.74) is 0.187. The number of carbonyl (C=O) groups is 1. The van der Waals surface area contributed by atoms with Gasteiger partial charge in [-0.15, -0.1) is 0 Å². The van der Waals surface area contributed by atoms with Gasteiger partial charge in [-0.1, -0.05) is 6.42 Å². The quantitative estimate of drug-likeness (QED) is 0.312. The zero-order valence-corrected chi connectivity index (χ0v) is 24.2. The van der Waals surface area contributed by atoms with Gasteiger partial charge in [0.25, 0.3) is 5.91 Å². The Morgan fingerprint density at radius 1 is 1.12 bits per heavy atom. The smallest absolute Gasteiger partial charge is 0.254 e. The lowest BCUT2D eigenvalue weighted by molar-refractivity contribution is 0.0924. The van der Waals surface area contributed by atoms with E-state index >= 15 is 8.78 Å². The van der Waals surface area contributed by atoms with Crippen LogP contribution in [0.3, 0.4) is 0 Å². The molecule has 10 nitrogen and oxygen atoms in total. The molecule has 1 saturated heterocycles. The van der Waals surface area contributed by atoms with Gasteiger partial charge in [-0.05, 0) is 76.4 Å². The average Bonchev–Trinajstić information content (AvgIpc) is 3.84. The van der Waals surface area contributed by atoms with Crippen molar-refractivity contribution in [1.82, 2.24) is 25.2 Å². The molecule has 2 fully saturated rings. The van der Waals surface area contributed by atoms with E-state index in [0.29, 0.717) is 43.8 Å². The van der Waals surface area contributed by atoms with Crippen molar-refractivity contribution in [2.24, 2.45) is 0 Å². The van der Waals surface area contributed by atoms with Gasteiger partial charge in [-0.25, -0.2) is 22.2 Å². The van der Waals surface area contributed by atoms with Gasteiger partial charge in [-0.3, -0.25) is 19.5 Å². The van der Waals surface area contributed by atoms with Crippen molar-refractivity contribution in [3.05, 3.63) is 65.7 Å². The Balaban J connectivity index is 1.38. The summed E-state index contributed by atoms with van der Waals surface area (Å²) in [7, 11) is -3.50. The lowest BCUT2D eigenvalue weighted by atomic mass is 10.0. The third-order valence-electron chi connectivity index (χ3n) is 7.36. The van der Waals surface area contributed by atoms with Gasteiger partial charge in [0, 0.05) is 18.3 Å². The van der Waals surface area contributed by atoms with Crippen LogP contribution in [-0.4, -0.2) is 65.7 Å². The van der Waals surface area contributed by atoms with Crippen molar-refractivity contribution in [2.75, 3.05) is 31.0 Å². The van der Waals surface area contributed by atoms with Gasteiger partial charge >= 0.3 is 0 Å². The molecule has 42 heavy (non-hydrogen) atoms. The first kappa shape index (κ1) is 29.8. The maximum atomic E-state index is 15.3. The highest BCUT2D eigenvalue weighted by Crippen LogP contribution is 2.31. The van der Waals surface area contributed by atoms with Crippen LogP contribution in [-0.2, 0) is 10.0 Å². The minimum Gasteiger partial charge on any atom is -0.477 e. The summed E-state index contributed by atoms with van der Waals surface area (Å²) in [5.74, 6) is -3.20. The Morgan fingerprint density at radius 2 is 1.90 bits per heavy atom. The second-order valence-corrected chi connectivity index (χ2v) is 12.5. The molecular formula is C29H34F2N6O4S. The highest BCUT2D eigenvalue weighted by Gasteiger charge is 2.36. The fourth-order valence-electron chi connectivity index (χ4n) is 4.97. The van der Waals surface area contributed by atoms with Crippen LogP contribution in [0.2, 0.25) is 0 Å². The van der Waals surface area contributed by atoms with Crippen molar-refractivity contribution in [3.63, 3.8) is 0 Å². The lowest BCUT2D eigenvalue weighted by Gasteiger charge is -2.28. The SMILES string of the molecule is CCOc1cncc(-c2ccc(C(=O)N[C@H](CCN3CCCCC3)c3cc(NS(=O)(=O)C4CC4)ccn3)c(F)c2F)n1. The fraction of sp³-hybridized carbons (Fsp3) is 0.448. The molecule has 0 radical (unpaired) electrons. The maximum absolute atomic E-state index is 15.3. The molecule has 1 saturated carbocycles. The van der Waals surface area contributed by atoms with Crippen molar-refractivity contribution in [2.45, 2.75) is 56.7 Å². The van der Waals surface area contributed by atoms with Crippen LogP contribution in [0.4, 0.5) is 14.5 Å². The van der Waals surface area contributed by atoms with Crippen molar-refractivity contribution < 1.29 is 26.7 Å². The number of halogens is 2. The summed E-state index contributed by atoms with van der Waals surface area (Å²) >= 11 is 0. The minimum atomic E-state index is -3.50. The van der Waals surface area contributed by atoms with Gasteiger partial charge in [0.05, 0.1) is 52.9 Å². The highest BCUT2D eigenvalue weighted by molar-refractivity contribution is 7.93. The van der Waals surface area contributed by atoms with Crippen LogP contribution >= 0.6 is 0 Å². The molecular weight excluding hydrogens is 566 g/mol. The Kier molecular flexibility index (Phi) is 9.27. The molecule has 3 heterocycles. The van der Waals surface area contributed by atoms with E-state index < -0.39 is 44.4 Å². The number of hydrogen-bond acceptors (Lipinski definition) is 8. The van der Waals surface area contributed by atoms with Crippen LogP contribution in [0.25, 0.3) is 11.3 Å². The number of hydrogen-bond donors (Lipinski definition) is 2. The van der Waals surface area contributed by atoms with E-state index in [9.17, 15) is 13.2 Å². The third kappa shape index (κ3) is 7.19. The number of nitrogens with one attached hydrogen (secondary N) is 2. The Hall–Kier alpha value is -3.71. The van der Waals surface area contributed by atoms with Crippen LogP contribution in [0.5, 0.6) is 5.88 Å². The van der Waals surface area contributed by atoms with Crippen molar-refractivity contribution >= 4 is 21.6 Å². The summed E-state index contributed by atoms with van der Waals surface area (Å²) in [4.78, 5) is 28.1. The van der Waals surface area contributed by atoms with Crippen LogP contribution in [0.15, 0.2) is 42.9 Å². The molecule has 5 rings (SSSR count). The van der Waals surface area contributed by atoms with Gasteiger partial charge in [-0.2, -0.15) is 0 Å². The monoisotopic (exact) mass is 600 g/mol. The molecule has 1 aliphatic carbocycles. The maximum Gasteiger partial charge on any atom is 0.254 e. The largest absolute Gasteiger partial charge is 0.477 e. The predicted molar refractivity (Wildman–Crippen MR) is 153 cm³/mol. The predicted octanol–water partition coefficient (Wildman–Crippen LogP) is 4.47.